The predicted molar refractivity (Wildman–Crippen MR) is 25.9 cm³/mol. The number of hydrogen-bond acceptors (Lipinski definition) is 3. The fraction of sp³-hybridized carbons (Fsp3) is 0.250. The molecule has 0 saturated heterocycles. The summed E-state index contributed by atoms with van der Waals surface area (Å²) in [5.74, 6) is 0. The third-order valence-corrected chi connectivity index (χ3v) is 0. The van der Waals surface area contributed by atoms with E-state index < -0.39 is 0 Å². The van der Waals surface area contributed by atoms with Crippen LogP contribution in [0.5, 0.6) is 0 Å². The van der Waals surface area contributed by atoms with Crippen LogP contribution >= 0.6 is 0 Å². The number of carbonyl (C=O) groups excluding carboxylic acids is 2. The molecule has 0 aliphatic carbocycles. The van der Waals surface area contributed by atoms with E-state index in [4.69, 9.17) is 14.7 Å². The van der Waals surface area contributed by atoms with Crippen LogP contribution in [0.4, 0.5) is 0 Å². The number of aliphatic hydroxyl groups is 1. The molecule has 0 bridgehead atoms. The van der Waals surface area contributed by atoms with Gasteiger partial charge in [0.25, 0.3) is 0 Å². The van der Waals surface area contributed by atoms with E-state index in [0.29, 0.717) is 0 Å². The molecule has 48 valence electrons. The van der Waals surface area contributed by atoms with Gasteiger partial charge in [0.2, 0.25) is 0 Å². The molecule has 0 aliphatic rings. The minimum absolute atomic E-state index is 0. The molecule has 0 atom stereocenters. The Balaban J connectivity index is -0.00000000500. The van der Waals surface area contributed by atoms with Gasteiger partial charge in [-0.2, -0.15) is 0 Å². The van der Waals surface area contributed by atoms with Crippen LogP contribution in [-0.4, -0.2) is 25.8 Å². The van der Waals surface area contributed by atoms with Crippen molar-refractivity contribution in [2.75, 3.05) is 7.11 Å². The average Bonchev–Trinajstić information content (AvgIpc) is 1.81. The first-order valence-corrected chi connectivity index (χ1v) is 0.855. The number of rotatable bonds is 0. The molecule has 0 saturated carbocycles. The molecule has 0 fully saturated rings. The Kier molecular flexibility index (Phi) is 40500. The zero-order chi connectivity index (χ0) is 6.00. The van der Waals surface area contributed by atoms with Gasteiger partial charge in [-0.05, 0) is 0 Å². The van der Waals surface area contributed by atoms with Crippen molar-refractivity contribution in [3.8, 4) is 0 Å². The van der Waals surface area contributed by atoms with E-state index in [0.717, 1.165) is 7.11 Å². The SMILES string of the molecule is CO.[C-]=O.[C-]=O.[CH3-].[Mn+3]. The van der Waals surface area contributed by atoms with Gasteiger partial charge in [0, 0.05) is 7.11 Å². The van der Waals surface area contributed by atoms with E-state index in [9.17, 15) is 0 Å². The summed E-state index contributed by atoms with van der Waals surface area (Å²) >= 11 is 0. The van der Waals surface area contributed by atoms with E-state index in [-0.39, 0.29) is 24.5 Å². The second-order valence-corrected chi connectivity index (χ2v) is 0. The van der Waals surface area contributed by atoms with Gasteiger partial charge in [-0.1, -0.05) is 0 Å². The standard InChI is InChI=1S/CH4O.2CO.CH3.Mn/c3*1-2;;/h2H,1H3;;;1H3;/q;3*-1;+3. The molecule has 0 aromatic rings. The predicted octanol–water partition coefficient (Wildman–Crippen LogP) is -0.738. The molecule has 4 heteroatoms. The second kappa shape index (κ2) is 7090. The van der Waals surface area contributed by atoms with Gasteiger partial charge in [-0.25, -0.2) is 0 Å². The average molecular weight is 158 g/mol. The van der Waals surface area contributed by atoms with Crippen molar-refractivity contribution in [2.24, 2.45) is 0 Å². The molecular formula is C4H7MnO3. The molecule has 2 radical (unpaired) electrons. The first kappa shape index (κ1) is 45.7. The molecule has 0 aromatic carbocycles. The third kappa shape index (κ3) is 4150. The second-order valence-electron chi connectivity index (χ2n) is 0. The Labute approximate surface area is 60.6 Å². The quantitative estimate of drug-likeness (QED) is 0.373. The molecule has 1 N–H and O–H groups in total. The van der Waals surface area contributed by atoms with E-state index in [2.05, 4.69) is 13.6 Å². The fourth-order valence-electron chi connectivity index (χ4n) is 0. The van der Waals surface area contributed by atoms with E-state index in [1.165, 1.54) is 0 Å². The van der Waals surface area contributed by atoms with Gasteiger partial charge < -0.3 is 35.7 Å². The molecule has 0 spiro atoms. The molecule has 8 heavy (non-hydrogen) atoms. The maximum atomic E-state index is 7.50. The number of hydrogen-bond donors (Lipinski definition) is 1. The topological polar surface area (TPSA) is 54.4 Å². The van der Waals surface area contributed by atoms with Crippen LogP contribution < -0.4 is 0 Å². The molecular weight excluding hydrogens is 151 g/mol. The summed E-state index contributed by atoms with van der Waals surface area (Å²) in [4.78, 5) is 15.0. The maximum absolute atomic E-state index is 7.50. The smallest absolute Gasteiger partial charge is 0.573 e. The fourth-order valence-corrected chi connectivity index (χ4v) is 0. The Bertz CT molecular complexity index is 13.2. The van der Waals surface area contributed by atoms with Crippen LogP contribution in [0.2, 0.25) is 0 Å². The summed E-state index contributed by atoms with van der Waals surface area (Å²) in [5, 5.41) is 7.00. The summed E-state index contributed by atoms with van der Waals surface area (Å²) in [5.41, 5.74) is 0. The van der Waals surface area contributed by atoms with Gasteiger partial charge in [0.05, 0.1) is 0 Å². The Hall–Kier alpha value is -0.181. The monoisotopic (exact) mass is 158 g/mol. The van der Waals surface area contributed by atoms with Crippen molar-refractivity contribution in [3.05, 3.63) is 7.43 Å². The Morgan fingerprint density at radius 3 is 1.00 bits per heavy atom. The summed E-state index contributed by atoms with van der Waals surface area (Å²) in [7, 11) is 1.00. The zero-order valence-corrected chi connectivity index (χ0v) is 5.82. The van der Waals surface area contributed by atoms with Crippen molar-refractivity contribution >= 4 is 13.6 Å². The van der Waals surface area contributed by atoms with Crippen molar-refractivity contribution in [2.45, 2.75) is 0 Å². The summed E-state index contributed by atoms with van der Waals surface area (Å²) in [6, 6.07) is 0. The molecule has 0 rings (SSSR count). The minimum atomic E-state index is 0. The molecule has 0 aromatic heterocycles. The summed E-state index contributed by atoms with van der Waals surface area (Å²) < 4.78 is 0. The van der Waals surface area contributed by atoms with Crippen molar-refractivity contribution in [3.63, 3.8) is 0 Å². The first-order valence-electron chi connectivity index (χ1n) is 0.855. The zero-order valence-electron chi connectivity index (χ0n) is 4.64. The molecule has 0 aliphatic heterocycles. The third-order valence-electron chi connectivity index (χ3n) is 0. The van der Waals surface area contributed by atoms with Gasteiger partial charge in [-0.15, -0.1) is 0 Å². The van der Waals surface area contributed by atoms with Crippen LogP contribution in [0.1, 0.15) is 0 Å². The minimum Gasteiger partial charge on any atom is -0.573 e. The number of aliphatic hydroxyl groups excluding tert-OH is 1. The first-order chi connectivity index (χ1) is 3.00. The summed E-state index contributed by atoms with van der Waals surface area (Å²) in [6.45, 7) is 9.00. The van der Waals surface area contributed by atoms with Gasteiger partial charge in [0.1, 0.15) is 0 Å². The van der Waals surface area contributed by atoms with Gasteiger partial charge in [0.15, 0.2) is 0 Å². The Morgan fingerprint density at radius 1 is 1.00 bits per heavy atom. The van der Waals surface area contributed by atoms with Crippen LogP contribution in [0, 0.1) is 7.43 Å². The van der Waals surface area contributed by atoms with Gasteiger partial charge >= 0.3 is 17.1 Å². The summed E-state index contributed by atoms with van der Waals surface area (Å²) in [6.07, 6.45) is 0. The van der Waals surface area contributed by atoms with Gasteiger partial charge in [-0.3, -0.25) is 0 Å². The van der Waals surface area contributed by atoms with Crippen molar-refractivity contribution < 1.29 is 31.8 Å². The molecule has 3 nitrogen and oxygen atoms in total. The molecule has 0 unspecified atom stereocenters. The maximum Gasteiger partial charge on any atom is 3.00 e. The van der Waals surface area contributed by atoms with Crippen LogP contribution in [0.3, 0.4) is 0 Å². The van der Waals surface area contributed by atoms with Crippen LogP contribution in [0.15, 0.2) is 0 Å². The molecule has 0 heterocycles. The Morgan fingerprint density at radius 2 is 1.00 bits per heavy atom. The molecule has 0 amide bonds. The van der Waals surface area contributed by atoms with E-state index in [1.54, 1.807) is 0 Å². The normalized spacial score (nSPS) is 1.75. The van der Waals surface area contributed by atoms with Crippen LogP contribution in [-0.2, 0) is 26.7 Å². The van der Waals surface area contributed by atoms with Crippen LogP contribution in [0.25, 0.3) is 0 Å². The largest absolute Gasteiger partial charge is 3.00 e. The van der Waals surface area contributed by atoms with Crippen molar-refractivity contribution in [1.82, 2.24) is 0 Å². The van der Waals surface area contributed by atoms with E-state index >= 15 is 0 Å². The van der Waals surface area contributed by atoms with Crippen molar-refractivity contribution in [1.29, 1.82) is 0 Å². The van der Waals surface area contributed by atoms with E-state index in [1.807, 2.05) is 0 Å².